The van der Waals surface area contributed by atoms with E-state index in [-0.39, 0.29) is 28.7 Å². The normalized spacial score (nSPS) is 16.4. The van der Waals surface area contributed by atoms with Crippen molar-refractivity contribution in [1.29, 1.82) is 0 Å². The molecule has 3 rings (SSSR count). The molecular weight excluding hydrogens is 409 g/mol. The van der Waals surface area contributed by atoms with Crippen molar-refractivity contribution in [1.82, 2.24) is 0 Å². The molecular formula is C22H20FNO5S. The highest BCUT2D eigenvalue weighted by atomic mass is 32.2. The van der Waals surface area contributed by atoms with Gasteiger partial charge in [-0.15, -0.1) is 0 Å². The van der Waals surface area contributed by atoms with E-state index in [1.807, 2.05) is 0 Å². The number of aliphatic imine (C=N–C) groups is 1. The second-order valence-electron chi connectivity index (χ2n) is 6.11. The predicted octanol–water partition coefficient (Wildman–Crippen LogP) is 5.12. The SMILES string of the molecule is CCOC(=O)C1=C(O)C(=Cc2ccc(O)c(OCC)c2)SC1=Nc1ccc(F)cc1. The van der Waals surface area contributed by atoms with Crippen molar-refractivity contribution in [2.75, 3.05) is 13.2 Å². The highest BCUT2D eigenvalue weighted by Crippen LogP contribution is 2.41. The van der Waals surface area contributed by atoms with Gasteiger partial charge in [0.15, 0.2) is 11.5 Å². The lowest BCUT2D eigenvalue weighted by atomic mass is 10.1. The second kappa shape index (κ2) is 9.49. The number of halogens is 1. The third-order valence-corrected chi connectivity index (χ3v) is 5.03. The summed E-state index contributed by atoms with van der Waals surface area (Å²) in [6.45, 7) is 3.99. The van der Waals surface area contributed by atoms with E-state index >= 15 is 0 Å². The number of aliphatic hydroxyl groups is 1. The van der Waals surface area contributed by atoms with Crippen LogP contribution in [0.2, 0.25) is 0 Å². The van der Waals surface area contributed by atoms with Gasteiger partial charge >= 0.3 is 5.97 Å². The van der Waals surface area contributed by atoms with Crippen LogP contribution in [0.15, 0.2) is 63.7 Å². The number of phenols is 1. The molecule has 0 spiro atoms. The van der Waals surface area contributed by atoms with Gasteiger partial charge in [0, 0.05) is 0 Å². The molecule has 156 valence electrons. The number of thioether (sulfide) groups is 1. The maximum Gasteiger partial charge on any atom is 0.344 e. The van der Waals surface area contributed by atoms with Gasteiger partial charge in [-0.05, 0) is 61.9 Å². The Kier molecular flexibility index (Phi) is 6.79. The molecule has 6 nitrogen and oxygen atoms in total. The van der Waals surface area contributed by atoms with Crippen LogP contribution in [-0.4, -0.2) is 34.4 Å². The maximum atomic E-state index is 13.2. The Bertz CT molecular complexity index is 1040. The van der Waals surface area contributed by atoms with Crippen molar-refractivity contribution in [2.45, 2.75) is 13.8 Å². The number of hydrogen-bond donors (Lipinski definition) is 2. The Hall–Kier alpha value is -3.26. The predicted molar refractivity (Wildman–Crippen MR) is 115 cm³/mol. The van der Waals surface area contributed by atoms with Crippen LogP contribution in [0.3, 0.4) is 0 Å². The molecule has 2 aromatic rings. The topological polar surface area (TPSA) is 88.4 Å². The summed E-state index contributed by atoms with van der Waals surface area (Å²) in [5.41, 5.74) is 1.02. The Morgan fingerprint density at radius 3 is 2.53 bits per heavy atom. The summed E-state index contributed by atoms with van der Waals surface area (Å²) < 4.78 is 23.6. The summed E-state index contributed by atoms with van der Waals surface area (Å²) in [5, 5.41) is 20.8. The molecule has 0 aliphatic carbocycles. The number of ether oxygens (including phenoxy) is 2. The third-order valence-electron chi connectivity index (χ3n) is 4.01. The molecule has 8 heteroatoms. The molecule has 0 bridgehead atoms. The number of esters is 1. The zero-order chi connectivity index (χ0) is 21.7. The third kappa shape index (κ3) is 4.83. The smallest absolute Gasteiger partial charge is 0.344 e. The Morgan fingerprint density at radius 1 is 1.13 bits per heavy atom. The summed E-state index contributed by atoms with van der Waals surface area (Å²) >= 11 is 1.09. The van der Waals surface area contributed by atoms with Crippen molar-refractivity contribution >= 4 is 34.5 Å². The molecule has 0 amide bonds. The number of hydrogen-bond acceptors (Lipinski definition) is 7. The second-order valence-corrected chi connectivity index (χ2v) is 7.14. The van der Waals surface area contributed by atoms with E-state index in [0.717, 1.165) is 11.8 Å². The summed E-state index contributed by atoms with van der Waals surface area (Å²) in [5.74, 6) is -1.05. The molecule has 1 heterocycles. The highest BCUT2D eigenvalue weighted by molar-refractivity contribution is 8.18. The minimum atomic E-state index is -0.701. The van der Waals surface area contributed by atoms with E-state index in [1.165, 1.54) is 30.3 Å². The first kappa shape index (κ1) is 21.4. The summed E-state index contributed by atoms with van der Waals surface area (Å²) in [6.07, 6.45) is 1.65. The van der Waals surface area contributed by atoms with E-state index in [9.17, 15) is 19.4 Å². The van der Waals surface area contributed by atoms with Crippen LogP contribution in [0.4, 0.5) is 10.1 Å². The lowest BCUT2D eigenvalue weighted by Crippen LogP contribution is -2.12. The first-order valence-electron chi connectivity index (χ1n) is 9.23. The fourth-order valence-electron chi connectivity index (χ4n) is 2.67. The van der Waals surface area contributed by atoms with Gasteiger partial charge in [-0.1, -0.05) is 17.8 Å². The monoisotopic (exact) mass is 429 g/mol. The van der Waals surface area contributed by atoms with Crippen LogP contribution in [0.1, 0.15) is 19.4 Å². The molecule has 0 aromatic heterocycles. The van der Waals surface area contributed by atoms with Crippen LogP contribution >= 0.6 is 11.8 Å². The van der Waals surface area contributed by atoms with Crippen molar-refractivity contribution in [2.24, 2.45) is 4.99 Å². The van der Waals surface area contributed by atoms with Crippen LogP contribution in [0, 0.1) is 5.82 Å². The zero-order valence-corrected chi connectivity index (χ0v) is 17.2. The Labute approximate surface area is 177 Å². The van der Waals surface area contributed by atoms with E-state index in [4.69, 9.17) is 9.47 Å². The highest BCUT2D eigenvalue weighted by Gasteiger charge is 2.33. The van der Waals surface area contributed by atoms with Crippen molar-refractivity contribution in [3.63, 3.8) is 0 Å². The van der Waals surface area contributed by atoms with E-state index in [2.05, 4.69) is 4.99 Å². The van der Waals surface area contributed by atoms with Gasteiger partial charge in [0.25, 0.3) is 0 Å². The molecule has 0 unspecified atom stereocenters. The minimum Gasteiger partial charge on any atom is -0.506 e. The molecule has 0 atom stereocenters. The quantitative estimate of drug-likeness (QED) is 0.620. The van der Waals surface area contributed by atoms with E-state index < -0.39 is 11.8 Å². The molecule has 0 saturated heterocycles. The Morgan fingerprint density at radius 2 is 1.87 bits per heavy atom. The van der Waals surface area contributed by atoms with Crippen LogP contribution < -0.4 is 4.74 Å². The molecule has 0 fully saturated rings. The van der Waals surface area contributed by atoms with Crippen LogP contribution in [0.25, 0.3) is 6.08 Å². The largest absolute Gasteiger partial charge is 0.506 e. The molecule has 2 N–H and O–H groups in total. The number of nitrogens with zero attached hydrogens (tertiary/aromatic N) is 1. The molecule has 30 heavy (non-hydrogen) atoms. The minimum absolute atomic E-state index is 0.00335. The van der Waals surface area contributed by atoms with Gasteiger partial charge in [0.2, 0.25) is 0 Å². The van der Waals surface area contributed by atoms with Gasteiger partial charge in [-0.2, -0.15) is 0 Å². The van der Waals surface area contributed by atoms with Crippen molar-refractivity contribution in [3.05, 3.63) is 70.1 Å². The number of benzene rings is 2. The first-order chi connectivity index (χ1) is 14.4. The van der Waals surface area contributed by atoms with Gasteiger partial charge in [-0.3, -0.25) is 0 Å². The zero-order valence-electron chi connectivity index (χ0n) is 16.4. The number of aromatic hydroxyl groups is 1. The molecule has 0 radical (unpaired) electrons. The summed E-state index contributed by atoms with van der Waals surface area (Å²) in [4.78, 5) is 17.2. The number of rotatable bonds is 6. The van der Waals surface area contributed by atoms with Crippen molar-refractivity contribution in [3.8, 4) is 11.5 Å². The van der Waals surface area contributed by atoms with Crippen molar-refractivity contribution < 1.29 is 28.9 Å². The first-order valence-corrected chi connectivity index (χ1v) is 10.0. The standard InChI is InChI=1S/C22H20FNO5S/c1-3-28-17-11-13(5-10-16(17)25)12-18-20(26)19(22(27)29-4-2)21(30-18)24-15-8-6-14(23)7-9-15/h5-12,25-26H,3-4H2,1-2H3. The van der Waals surface area contributed by atoms with Crippen LogP contribution in [-0.2, 0) is 9.53 Å². The van der Waals surface area contributed by atoms with Gasteiger partial charge < -0.3 is 19.7 Å². The average Bonchev–Trinajstić information content (AvgIpc) is 3.01. The Balaban J connectivity index is 2.02. The van der Waals surface area contributed by atoms with Gasteiger partial charge in [0.1, 0.15) is 22.2 Å². The van der Waals surface area contributed by atoms with E-state index in [1.54, 1.807) is 32.1 Å². The van der Waals surface area contributed by atoms with Gasteiger partial charge in [0.05, 0.1) is 23.8 Å². The fraction of sp³-hybridized carbons (Fsp3) is 0.182. The maximum absolute atomic E-state index is 13.2. The fourth-order valence-corrected chi connectivity index (χ4v) is 3.70. The number of phenolic OH excluding ortho intramolecular Hbond substituents is 1. The molecule has 0 saturated carbocycles. The molecule has 1 aliphatic rings. The number of aliphatic hydroxyl groups excluding tert-OH is 1. The number of carbonyl (C=O) groups excluding carboxylic acids is 1. The van der Waals surface area contributed by atoms with E-state index in [0.29, 0.717) is 28.5 Å². The van der Waals surface area contributed by atoms with Crippen LogP contribution in [0.5, 0.6) is 11.5 Å². The van der Waals surface area contributed by atoms with Gasteiger partial charge in [-0.25, -0.2) is 14.2 Å². The molecule has 1 aliphatic heterocycles. The molecule has 2 aromatic carbocycles. The number of carbonyl (C=O) groups is 1. The average molecular weight is 429 g/mol. The summed E-state index contributed by atoms with van der Waals surface area (Å²) in [6, 6.07) is 10.2. The lowest BCUT2D eigenvalue weighted by molar-refractivity contribution is -0.138. The lowest BCUT2D eigenvalue weighted by Gasteiger charge is -2.07. The summed E-state index contributed by atoms with van der Waals surface area (Å²) in [7, 11) is 0.